The number of nitrogens with one attached hydrogen (secondary N) is 1. The highest BCUT2D eigenvalue weighted by molar-refractivity contribution is 5.69. The average molecular weight is 407 g/mol. The van der Waals surface area contributed by atoms with Gasteiger partial charge in [0, 0.05) is 31.9 Å². The molecular formula is C21H25N7O2. The lowest BCUT2D eigenvalue weighted by Gasteiger charge is -2.43. The minimum absolute atomic E-state index is 0.0504. The first-order chi connectivity index (χ1) is 14.6. The van der Waals surface area contributed by atoms with Crippen molar-refractivity contribution in [3.8, 4) is 22.8 Å². The zero-order valence-electron chi connectivity index (χ0n) is 17.4. The van der Waals surface area contributed by atoms with Crippen LogP contribution in [0.2, 0.25) is 0 Å². The summed E-state index contributed by atoms with van der Waals surface area (Å²) in [6.45, 7) is 0.698. The fraction of sp³-hybridized carbons (Fsp3) is 0.429. The zero-order chi connectivity index (χ0) is 20.7. The lowest BCUT2D eigenvalue weighted by atomic mass is 9.95. The molecule has 3 aromatic heterocycles. The van der Waals surface area contributed by atoms with E-state index in [1.54, 1.807) is 30.4 Å². The van der Waals surface area contributed by atoms with Crippen molar-refractivity contribution in [1.29, 1.82) is 0 Å². The zero-order valence-corrected chi connectivity index (χ0v) is 17.4. The van der Waals surface area contributed by atoms with Crippen molar-refractivity contribution in [1.82, 2.24) is 24.7 Å². The van der Waals surface area contributed by atoms with E-state index < -0.39 is 0 Å². The average Bonchev–Trinajstić information content (AvgIpc) is 3.41. The molecule has 5 rings (SSSR count). The second-order valence-electron chi connectivity index (χ2n) is 7.96. The summed E-state index contributed by atoms with van der Waals surface area (Å²) in [4.78, 5) is 16.0. The maximum Gasteiger partial charge on any atom is 0.229 e. The van der Waals surface area contributed by atoms with Crippen LogP contribution in [0, 0.1) is 0 Å². The van der Waals surface area contributed by atoms with E-state index in [1.165, 1.54) is 12.8 Å². The number of anilines is 3. The van der Waals surface area contributed by atoms with Crippen molar-refractivity contribution in [2.24, 2.45) is 7.05 Å². The molecule has 0 unspecified atom stereocenters. The third kappa shape index (κ3) is 3.10. The lowest BCUT2D eigenvalue weighted by Crippen LogP contribution is -2.52. The summed E-state index contributed by atoms with van der Waals surface area (Å²) in [5.41, 5.74) is 2.43. The molecule has 1 aliphatic heterocycles. The van der Waals surface area contributed by atoms with Gasteiger partial charge in [0.25, 0.3) is 0 Å². The molecule has 0 aromatic carbocycles. The van der Waals surface area contributed by atoms with Crippen LogP contribution in [0.5, 0.6) is 11.5 Å². The van der Waals surface area contributed by atoms with Gasteiger partial charge in [0.05, 0.1) is 36.9 Å². The van der Waals surface area contributed by atoms with Crippen LogP contribution in [0.1, 0.15) is 25.7 Å². The number of hydrogen-bond acceptors (Lipinski definition) is 8. The summed E-state index contributed by atoms with van der Waals surface area (Å²) >= 11 is 0. The number of methoxy groups -OCH3 is 1. The quantitative estimate of drug-likeness (QED) is 0.705. The third-order valence-electron chi connectivity index (χ3n) is 6.10. The van der Waals surface area contributed by atoms with Gasteiger partial charge < -0.3 is 19.7 Å². The second kappa shape index (κ2) is 7.16. The normalized spacial score (nSPS) is 17.0. The summed E-state index contributed by atoms with van der Waals surface area (Å²) in [6, 6.07) is 1.89. The number of ether oxygens (including phenoxy) is 2. The van der Waals surface area contributed by atoms with Crippen molar-refractivity contribution < 1.29 is 9.47 Å². The Kier molecular flexibility index (Phi) is 4.45. The molecule has 2 aliphatic rings. The van der Waals surface area contributed by atoms with Crippen molar-refractivity contribution in [3.05, 3.63) is 30.9 Å². The van der Waals surface area contributed by atoms with Gasteiger partial charge in [-0.15, -0.1) is 0 Å². The van der Waals surface area contributed by atoms with E-state index in [0.717, 1.165) is 41.4 Å². The maximum absolute atomic E-state index is 6.01. The largest absolute Gasteiger partial charge is 0.494 e. The SMILES string of the molecule is COc1cc(Nc2ncc3c(n2)N(C)C2(CCCC2)CO3)cnc1-c1cnn(C)c1. The van der Waals surface area contributed by atoms with E-state index in [2.05, 4.69) is 32.3 Å². The molecule has 3 aromatic rings. The van der Waals surface area contributed by atoms with Crippen LogP contribution in [-0.2, 0) is 7.05 Å². The van der Waals surface area contributed by atoms with Gasteiger partial charge in [-0.1, -0.05) is 12.8 Å². The van der Waals surface area contributed by atoms with Crippen LogP contribution < -0.4 is 19.7 Å². The van der Waals surface area contributed by atoms with Crippen LogP contribution in [0.25, 0.3) is 11.3 Å². The Balaban J connectivity index is 1.42. The Bertz CT molecular complexity index is 1070. The maximum atomic E-state index is 6.01. The number of rotatable bonds is 4. The molecule has 9 nitrogen and oxygen atoms in total. The first-order valence-corrected chi connectivity index (χ1v) is 10.1. The molecule has 1 saturated carbocycles. The number of pyridine rings is 1. The first kappa shape index (κ1) is 18.7. The number of fused-ring (bicyclic) bond motifs is 1. The highest BCUT2D eigenvalue weighted by Crippen LogP contribution is 2.43. The molecule has 156 valence electrons. The molecule has 1 spiro atoms. The number of likely N-dealkylation sites (N-methyl/N-ethyl adjacent to an activating group) is 1. The van der Waals surface area contributed by atoms with Gasteiger partial charge in [0.15, 0.2) is 11.6 Å². The Morgan fingerprint density at radius 2 is 1.97 bits per heavy atom. The molecule has 1 N–H and O–H groups in total. The number of nitrogens with zero attached hydrogens (tertiary/aromatic N) is 6. The van der Waals surface area contributed by atoms with Crippen LogP contribution >= 0.6 is 0 Å². The van der Waals surface area contributed by atoms with Crippen molar-refractivity contribution >= 4 is 17.5 Å². The Morgan fingerprint density at radius 1 is 1.13 bits per heavy atom. The van der Waals surface area contributed by atoms with Gasteiger partial charge >= 0.3 is 0 Å². The van der Waals surface area contributed by atoms with Gasteiger partial charge in [-0.2, -0.15) is 10.1 Å². The highest BCUT2D eigenvalue weighted by Gasteiger charge is 2.43. The van der Waals surface area contributed by atoms with Crippen LogP contribution in [0.15, 0.2) is 30.9 Å². The monoisotopic (exact) mass is 407 g/mol. The summed E-state index contributed by atoms with van der Waals surface area (Å²) in [6.07, 6.45) is 11.9. The fourth-order valence-corrected chi connectivity index (χ4v) is 4.37. The van der Waals surface area contributed by atoms with Gasteiger partial charge in [-0.05, 0) is 12.8 Å². The third-order valence-corrected chi connectivity index (χ3v) is 6.10. The summed E-state index contributed by atoms with van der Waals surface area (Å²) in [7, 11) is 5.61. The molecule has 0 saturated heterocycles. The molecule has 1 aliphatic carbocycles. The molecule has 9 heteroatoms. The molecule has 0 amide bonds. The van der Waals surface area contributed by atoms with Crippen molar-refractivity contribution in [2.75, 3.05) is 31.0 Å². The minimum Gasteiger partial charge on any atom is -0.494 e. The Hall–Kier alpha value is -3.36. The highest BCUT2D eigenvalue weighted by atomic mass is 16.5. The van der Waals surface area contributed by atoms with Crippen molar-refractivity contribution in [2.45, 2.75) is 31.2 Å². The standard InChI is InChI=1S/C21H25N7O2/c1-27-12-14(9-24-27)18-16(29-3)8-15(10-22-18)25-20-23-11-17-19(26-20)28(2)21(13-30-17)6-4-5-7-21/h8-12H,4-7,13H2,1-3H3,(H,23,25,26). The predicted molar refractivity (Wildman–Crippen MR) is 113 cm³/mol. The fourth-order valence-electron chi connectivity index (χ4n) is 4.37. The molecule has 30 heavy (non-hydrogen) atoms. The van der Waals surface area contributed by atoms with E-state index in [1.807, 2.05) is 19.3 Å². The van der Waals surface area contributed by atoms with Crippen molar-refractivity contribution in [3.63, 3.8) is 0 Å². The predicted octanol–water partition coefficient (Wildman–Crippen LogP) is 3.17. The molecule has 0 radical (unpaired) electrons. The lowest BCUT2D eigenvalue weighted by molar-refractivity contribution is 0.192. The summed E-state index contributed by atoms with van der Waals surface area (Å²) in [5, 5.41) is 7.45. The molecule has 4 heterocycles. The second-order valence-corrected chi connectivity index (χ2v) is 7.96. The van der Waals surface area contributed by atoms with Gasteiger partial charge in [0.2, 0.25) is 5.95 Å². The first-order valence-electron chi connectivity index (χ1n) is 10.1. The summed E-state index contributed by atoms with van der Waals surface area (Å²) < 4.78 is 13.3. The molecule has 0 bridgehead atoms. The van der Waals surface area contributed by atoms with Crippen LogP contribution in [-0.4, -0.2) is 51.0 Å². The van der Waals surface area contributed by atoms with E-state index >= 15 is 0 Å². The van der Waals surface area contributed by atoms with Gasteiger partial charge in [-0.3, -0.25) is 9.67 Å². The van der Waals surface area contributed by atoms with E-state index in [4.69, 9.17) is 14.5 Å². The molecule has 0 atom stereocenters. The number of aryl methyl sites for hydroxylation is 1. The number of hydrogen-bond donors (Lipinski definition) is 1. The van der Waals surface area contributed by atoms with Gasteiger partial charge in [0.1, 0.15) is 18.1 Å². The minimum atomic E-state index is 0.0504. The smallest absolute Gasteiger partial charge is 0.229 e. The number of aromatic nitrogens is 5. The Morgan fingerprint density at radius 3 is 2.70 bits per heavy atom. The molecular weight excluding hydrogens is 382 g/mol. The van der Waals surface area contributed by atoms with E-state index in [-0.39, 0.29) is 5.54 Å². The molecule has 1 fully saturated rings. The van der Waals surface area contributed by atoms with Gasteiger partial charge in [-0.25, -0.2) is 4.98 Å². The Labute approximate surface area is 175 Å². The van der Waals surface area contributed by atoms with Crippen LogP contribution in [0.4, 0.5) is 17.5 Å². The van der Waals surface area contributed by atoms with Crippen LogP contribution in [0.3, 0.4) is 0 Å². The van der Waals surface area contributed by atoms with E-state index in [9.17, 15) is 0 Å². The van der Waals surface area contributed by atoms with E-state index in [0.29, 0.717) is 18.3 Å². The summed E-state index contributed by atoms with van der Waals surface area (Å²) in [5.74, 6) is 2.70. The topological polar surface area (TPSA) is 90.2 Å².